The van der Waals surface area contributed by atoms with Gasteiger partial charge < -0.3 is 19.4 Å². The van der Waals surface area contributed by atoms with Crippen LogP contribution >= 0.6 is 15.9 Å². The Bertz CT molecular complexity index is 7020. The summed E-state index contributed by atoms with van der Waals surface area (Å²) in [6.45, 7) is 18.8. The number of pyridine rings is 8. The van der Waals surface area contributed by atoms with Crippen LogP contribution in [0.5, 0.6) is 0 Å². The third-order valence-electron chi connectivity index (χ3n) is 24.0. The van der Waals surface area contributed by atoms with Gasteiger partial charge in [-0.2, -0.15) is 20.4 Å². The summed E-state index contributed by atoms with van der Waals surface area (Å²) in [6, 6.07) is 66.3. The molecule has 27 nitrogen and oxygen atoms in total. The van der Waals surface area contributed by atoms with Crippen LogP contribution in [0.4, 0.5) is 0 Å². The van der Waals surface area contributed by atoms with E-state index in [-0.39, 0.29) is 5.82 Å². The third-order valence-corrected chi connectivity index (χ3v) is 28.0. The molecule has 696 valence electrons. The van der Waals surface area contributed by atoms with Crippen LogP contribution in [0, 0.1) is 34.6 Å². The van der Waals surface area contributed by atoms with Gasteiger partial charge in [0.2, 0.25) is 0 Å². The van der Waals surface area contributed by atoms with Crippen molar-refractivity contribution in [1.82, 2.24) is 79.0 Å². The summed E-state index contributed by atoms with van der Waals surface area (Å²) < 4.78 is 91.5. The number of aryl methyl sites for hydroxylation is 5. The lowest BCUT2D eigenvalue weighted by molar-refractivity contribution is 0.00578. The molecule has 1 saturated heterocycles. The number of benzene rings is 3. The van der Waals surface area contributed by atoms with Crippen LogP contribution in [0.25, 0.3) is 102 Å². The minimum atomic E-state index is -3.23. The molecule has 0 amide bonds. The number of hydrogen-bond donors (Lipinski definition) is 2. The van der Waals surface area contributed by atoms with Gasteiger partial charge in [0.15, 0.2) is 29.5 Å². The van der Waals surface area contributed by atoms with Gasteiger partial charge in [-0.05, 0) is 298 Å². The lowest BCUT2D eigenvalue weighted by atomic mass is 9.79. The van der Waals surface area contributed by atoms with Gasteiger partial charge in [-0.1, -0.05) is 85.6 Å². The molecule has 6 fully saturated rings. The quantitative estimate of drug-likeness (QED) is 0.0710. The van der Waals surface area contributed by atoms with E-state index in [9.17, 15) is 25.3 Å². The van der Waals surface area contributed by atoms with Crippen molar-refractivity contribution in [3.8, 4) is 102 Å². The molecule has 0 unspecified atom stereocenters. The molecule has 0 atom stereocenters. The molecule has 7 aliphatic rings. The predicted molar refractivity (Wildman–Crippen MR) is 536 cm³/mol. The molecule has 5 aliphatic carbocycles. The first-order valence-electron chi connectivity index (χ1n) is 45.4. The zero-order valence-electron chi connectivity index (χ0n) is 78.0. The molecular formula is C103H108B2BrN17O10S3. The molecule has 136 heavy (non-hydrogen) atoms. The van der Waals surface area contributed by atoms with Crippen molar-refractivity contribution in [3.63, 3.8) is 0 Å². The molecular weight excluding hydrogens is 1830 g/mol. The number of hydrogen-bond acceptors (Lipinski definition) is 23. The monoisotopic (exact) mass is 1940 g/mol. The standard InChI is InChI=1S/2C24H22N4O2S.C18H22BNO4S.C12H12BrN3.C12H13N3.C10H10N2.C3H7BO2/c2*1-16-4-3-5-22(26-16)24-21(15-28(27-24)19-8-9-19)18-12-13-25-23(14-18)17-6-10-20(11-7-17)31(2,29)30;1-17(2)18(3,4)24-19(23-17)14-10-11-20-16(12-14)13-6-8-15(9-7-13)25(5,21)22;1-8-3-2-4-11(14-8)12-10(13)7-16(15-12)9-5-6-9;1-9-3-2-4-11(13-9)12-7-8-15(14-12)10-5-6-10;1-8-4-2-5-10(12-8)9-6-3-7-11-9;5-4(6)3-1-2-3/h2*3-7,10-15,19H,8-9H2,1-2H3;6-12H,1-5H3;2-4,7,9H,5-6H2,1H3;2-4,7-8,10H,5-6H2,1H3;2-6H,7H2,1H3;3,5-6H,1-2H2. The van der Waals surface area contributed by atoms with Crippen LogP contribution < -0.4 is 5.46 Å². The smallest absolute Gasteiger partial charge is 0.427 e. The Hall–Kier alpha value is -12.6. The van der Waals surface area contributed by atoms with Crippen molar-refractivity contribution >= 4 is 70.9 Å². The Kier molecular flexibility index (Phi) is 29.2. The van der Waals surface area contributed by atoms with Crippen molar-refractivity contribution in [2.75, 3.05) is 25.3 Å². The molecule has 5 saturated carbocycles. The summed E-state index contributed by atoms with van der Waals surface area (Å²) in [5, 5.41) is 35.4. The molecule has 0 spiro atoms. The highest BCUT2D eigenvalue weighted by Gasteiger charge is 2.52. The van der Waals surface area contributed by atoms with Crippen LogP contribution in [-0.4, -0.2) is 171 Å². The number of nitrogens with zero attached hydrogens (tertiary/aromatic N) is 17. The number of aromatic nitrogens is 16. The number of allylic oxidation sites excluding steroid dienone is 1. The first-order valence-corrected chi connectivity index (χ1v) is 51.9. The molecule has 0 bridgehead atoms. The van der Waals surface area contributed by atoms with Gasteiger partial charge >= 0.3 is 14.2 Å². The van der Waals surface area contributed by atoms with E-state index in [1.807, 2.05) is 213 Å². The second kappa shape index (κ2) is 41.1. The zero-order chi connectivity index (χ0) is 96.0. The van der Waals surface area contributed by atoms with E-state index in [2.05, 4.69) is 110 Å². The second-order valence-corrected chi connectivity index (χ2v) is 43.1. The summed E-state index contributed by atoms with van der Waals surface area (Å²) in [6.07, 6.45) is 32.8. The summed E-state index contributed by atoms with van der Waals surface area (Å²) in [5.41, 5.74) is 23.2. The van der Waals surface area contributed by atoms with E-state index >= 15 is 0 Å². The Labute approximate surface area is 803 Å². The highest BCUT2D eigenvalue weighted by Crippen LogP contribution is 2.44. The first-order chi connectivity index (χ1) is 65.0. The van der Waals surface area contributed by atoms with E-state index in [1.54, 1.807) is 91.4 Å². The van der Waals surface area contributed by atoms with E-state index in [1.165, 1.54) is 44.5 Å². The van der Waals surface area contributed by atoms with Crippen LogP contribution in [0.1, 0.15) is 150 Å². The fourth-order valence-corrected chi connectivity index (χ4v) is 17.3. The molecule has 0 radical (unpaired) electrons. The zero-order valence-corrected chi connectivity index (χ0v) is 82.0. The Morgan fingerprint density at radius 3 is 1.10 bits per heavy atom. The first kappa shape index (κ1) is 96.5. The summed E-state index contributed by atoms with van der Waals surface area (Å²) >= 11 is 3.55. The Morgan fingerprint density at radius 1 is 0.382 bits per heavy atom. The highest BCUT2D eigenvalue weighted by molar-refractivity contribution is 9.10. The number of rotatable bonds is 19. The molecule has 2 N–H and O–H groups in total. The van der Waals surface area contributed by atoms with Crippen molar-refractivity contribution < 1.29 is 44.6 Å². The van der Waals surface area contributed by atoms with Crippen LogP contribution in [0.2, 0.25) is 5.82 Å². The van der Waals surface area contributed by atoms with Crippen molar-refractivity contribution in [2.45, 2.75) is 182 Å². The Balaban J connectivity index is 0.000000120. The molecule has 15 aromatic rings. The minimum Gasteiger partial charge on any atom is -0.427 e. The number of sulfone groups is 3. The summed E-state index contributed by atoms with van der Waals surface area (Å²) in [4.78, 5) is 41.3. The minimum absolute atomic E-state index is 0.213. The van der Waals surface area contributed by atoms with Crippen molar-refractivity contribution in [1.29, 1.82) is 0 Å². The maximum absolute atomic E-state index is 11.7. The van der Waals surface area contributed by atoms with Gasteiger partial charge in [-0.15, -0.1) is 0 Å². The van der Waals surface area contributed by atoms with Crippen molar-refractivity contribution in [2.24, 2.45) is 4.99 Å². The molecule has 2 aliphatic heterocycles. The molecule has 33 heteroatoms. The molecule has 12 aromatic heterocycles. The molecule has 14 heterocycles. The van der Waals surface area contributed by atoms with Gasteiger partial charge in [0.1, 0.15) is 22.8 Å². The van der Waals surface area contributed by atoms with Gasteiger partial charge in [-0.3, -0.25) is 63.6 Å². The van der Waals surface area contributed by atoms with Crippen LogP contribution in [-0.2, 0) is 38.8 Å². The maximum Gasteiger partial charge on any atom is 0.494 e. The lowest BCUT2D eigenvalue weighted by Gasteiger charge is -2.32. The van der Waals surface area contributed by atoms with Gasteiger partial charge in [0.25, 0.3) is 0 Å². The SMILES string of the molecule is CC1(C)OB(c2ccnc(-c3ccc(S(C)(=O)=O)cc3)c2)OC1(C)C.Cc1cccc(-c2ccn(C3CC3)n2)n1.Cc1cccc(-c2nn(C3CC3)cc2-c2ccnc(-c3ccc(S(C)(=O)=O)cc3)c2)n1.Cc1cccc(-c2nn(C3CC3)cc2-c2ccnc(-c3ccc(S(C)(=O)=O)cc3)c2)n1.Cc1cccc(-c2nn(C3CC3)cc2Br)n1.Cc1cccc(C2=NCC=C2)n1.OB(O)C1CC1. The highest BCUT2D eigenvalue weighted by atomic mass is 79.9. The predicted octanol–water partition coefficient (Wildman–Crippen LogP) is 19.2. The largest absolute Gasteiger partial charge is 0.494 e. The number of halogens is 1. The lowest BCUT2D eigenvalue weighted by Crippen LogP contribution is -2.41. The average Bonchev–Trinajstić information content (AvgIpc) is 1.64. The fourth-order valence-electron chi connectivity index (χ4n) is 14.9. The fraction of sp³-hybridized carbons (Fsp3) is 0.291. The van der Waals surface area contributed by atoms with Gasteiger partial charge in [0.05, 0.1) is 112 Å². The topological polar surface area (TPSA) is 348 Å². The summed E-state index contributed by atoms with van der Waals surface area (Å²) in [7, 11) is -11.2. The molecule has 22 rings (SSSR count). The Morgan fingerprint density at radius 2 is 0.735 bits per heavy atom. The van der Waals surface area contributed by atoms with Crippen LogP contribution in [0.15, 0.2) is 286 Å². The normalized spacial score (nSPS) is 15.7. The number of aliphatic imine (C=N–C) groups is 1. The van der Waals surface area contributed by atoms with E-state index in [0.29, 0.717) is 38.9 Å². The van der Waals surface area contributed by atoms with Crippen LogP contribution in [0.3, 0.4) is 0 Å². The third kappa shape index (κ3) is 25.0. The summed E-state index contributed by atoms with van der Waals surface area (Å²) in [5.74, 6) is 0.213. The van der Waals surface area contributed by atoms with Crippen molar-refractivity contribution in [3.05, 3.63) is 300 Å². The maximum atomic E-state index is 11.7. The van der Waals surface area contributed by atoms with E-state index in [0.717, 1.165) is 196 Å². The second-order valence-electron chi connectivity index (χ2n) is 36.2. The molecule has 3 aromatic carbocycles. The van der Waals surface area contributed by atoms with E-state index in [4.69, 9.17) is 29.6 Å². The van der Waals surface area contributed by atoms with E-state index < -0.39 is 55.0 Å². The average molecular weight is 1940 g/mol. The van der Waals surface area contributed by atoms with Gasteiger partial charge in [0, 0.05) is 118 Å². The van der Waals surface area contributed by atoms with Gasteiger partial charge in [-0.25, -0.2) is 25.3 Å².